The molecular weight excluding hydrogens is 516 g/mol. The predicted molar refractivity (Wildman–Crippen MR) is 155 cm³/mol. The highest BCUT2D eigenvalue weighted by Gasteiger charge is 2.41. The minimum atomic E-state index is -0.277. The first-order chi connectivity index (χ1) is 18.3. The zero-order valence-electron chi connectivity index (χ0n) is 21.5. The molecule has 5 rings (SSSR count). The number of amides is 1. The second kappa shape index (κ2) is 11.0. The van der Waals surface area contributed by atoms with Gasteiger partial charge in [0.05, 0.1) is 11.7 Å². The van der Waals surface area contributed by atoms with Gasteiger partial charge in [-0.1, -0.05) is 41.9 Å². The SMILES string of the molecule is Cc1ccc(C)c(NC(=O)CCN2C(=S)N[C@H](c3ccccn3)[C@@H]2c2ccc(-c3ccc(C)c(Cl)c3)o2)c1. The average Bonchev–Trinajstić information content (AvgIpc) is 3.51. The second-order valence-corrected chi connectivity index (χ2v) is 10.4. The minimum absolute atomic E-state index is 0.0732. The monoisotopic (exact) mass is 544 g/mol. The summed E-state index contributed by atoms with van der Waals surface area (Å²) in [5.41, 5.74) is 5.69. The number of rotatable bonds is 7. The Morgan fingerprint density at radius 3 is 2.66 bits per heavy atom. The Hall–Kier alpha value is -3.68. The van der Waals surface area contributed by atoms with E-state index in [1.165, 1.54) is 0 Å². The molecule has 6 nitrogen and oxygen atoms in total. The van der Waals surface area contributed by atoms with Crippen LogP contribution in [0.4, 0.5) is 5.69 Å². The first-order valence-electron chi connectivity index (χ1n) is 12.5. The smallest absolute Gasteiger partial charge is 0.226 e. The molecule has 3 heterocycles. The topological polar surface area (TPSA) is 70.4 Å². The molecule has 0 radical (unpaired) electrons. The highest BCUT2D eigenvalue weighted by atomic mass is 35.5. The molecule has 38 heavy (non-hydrogen) atoms. The van der Waals surface area contributed by atoms with Crippen LogP contribution in [0, 0.1) is 20.8 Å². The molecule has 1 saturated heterocycles. The standard InChI is InChI=1S/C30H29ClN4O2S/c1-18-7-8-20(3)24(16-18)33-27(36)13-15-35-29(28(34-30(35)38)23-6-4-5-14-32-23)26-12-11-25(37-26)21-10-9-19(2)22(31)17-21/h4-12,14,16-17,28-29H,13,15H2,1-3H3,(H,33,36)(H,34,38)/t28-,29+/m1/s1. The molecule has 2 N–H and O–H groups in total. The van der Waals surface area contributed by atoms with Gasteiger partial charge in [0, 0.05) is 35.4 Å². The van der Waals surface area contributed by atoms with E-state index in [0.29, 0.717) is 22.4 Å². The van der Waals surface area contributed by atoms with Gasteiger partial charge in [-0.3, -0.25) is 9.78 Å². The Bertz CT molecular complexity index is 1490. The molecule has 0 aliphatic carbocycles. The van der Waals surface area contributed by atoms with E-state index in [1.807, 2.05) is 92.4 Å². The molecule has 194 valence electrons. The number of halogens is 1. The summed E-state index contributed by atoms with van der Waals surface area (Å²) < 4.78 is 6.38. The molecule has 2 aromatic carbocycles. The average molecular weight is 545 g/mol. The molecule has 0 saturated carbocycles. The molecule has 0 unspecified atom stereocenters. The van der Waals surface area contributed by atoms with Gasteiger partial charge in [-0.25, -0.2) is 0 Å². The van der Waals surface area contributed by atoms with Crippen LogP contribution in [0.1, 0.15) is 46.6 Å². The summed E-state index contributed by atoms with van der Waals surface area (Å²) in [4.78, 5) is 19.5. The lowest BCUT2D eigenvalue weighted by atomic mass is 10.0. The van der Waals surface area contributed by atoms with E-state index >= 15 is 0 Å². The Balaban J connectivity index is 1.40. The van der Waals surface area contributed by atoms with E-state index in [0.717, 1.165) is 39.4 Å². The number of thiocarbonyl (C=S) groups is 1. The van der Waals surface area contributed by atoms with Gasteiger partial charge in [0.25, 0.3) is 0 Å². The van der Waals surface area contributed by atoms with Crippen molar-refractivity contribution in [2.75, 3.05) is 11.9 Å². The van der Waals surface area contributed by atoms with Crippen LogP contribution in [0.2, 0.25) is 5.02 Å². The van der Waals surface area contributed by atoms with Gasteiger partial charge in [-0.05, 0) is 86.1 Å². The van der Waals surface area contributed by atoms with Crippen LogP contribution in [-0.2, 0) is 4.79 Å². The van der Waals surface area contributed by atoms with Crippen molar-refractivity contribution in [2.24, 2.45) is 0 Å². The lowest BCUT2D eigenvalue weighted by molar-refractivity contribution is -0.116. The summed E-state index contributed by atoms with van der Waals surface area (Å²) >= 11 is 12.1. The molecule has 1 aliphatic rings. The van der Waals surface area contributed by atoms with Crippen molar-refractivity contribution in [3.05, 3.63) is 106 Å². The fraction of sp³-hybridized carbons (Fsp3) is 0.233. The molecule has 2 atom stereocenters. The number of carbonyl (C=O) groups is 1. The van der Waals surface area contributed by atoms with E-state index in [2.05, 4.69) is 15.6 Å². The van der Waals surface area contributed by atoms with Crippen molar-refractivity contribution in [3.63, 3.8) is 0 Å². The third-order valence-electron chi connectivity index (χ3n) is 6.82. The van der Waals surface area contributed by atoms with Crippen LogP contribution < -0.4 is 10.6 Å². The fourth-order valence-corrected chi connectivity index (χ4v) is 5.19. The number of furan rings is 1. The maximum absolute atomic E-state index is 12.9. The normalized spacial score (nSPS) is 16.9. The van der Waals surface area contributed by atoms with Crippen molar-refractivity contribution in [1.29, 1.82) is 0 Å². The molecule has 1 fully saturated rings. The van der Waals surface area contributed by atoms with Gasteiger partial charge in [-0.2, -0.15) is 0 Å². The van der Waals surface area contributed by atoms with Gasteiger partial charge in [0.2, 0.25) is 5.91 Å². The predicted octanol–water partition coefficient (Wildman–Crippen LogP) is 6.92. The number of nitrogens with zero attached hydrogens (tertiary/aromatic N) is 2. The summed E-state index contributed by atoms with van der Waals surface area (Å²) in [5, 5.41) is 7.70. The third kappa shape index (κ3) is 5.44. The summed E-state index contributed by atoms with van der Waals surface area (Å²) in [7, 11) is 0. The Labute approximate surface area is 233 Å². The zero-order chi connectivity index (χ0) is 26.8. The maximum atomic E-state index is 12.9. The largest absolute Gasteiger partial charge is 0.459 e. The van der Waals surface area contributed by atoms with Crippen molar-refractivity contribution in [2.45, 2.75) is 39.3 Å². The molecule has 2 aromatic heterocycles. The number of anilines is 1. The molecule has 4 aromatic rings. The zero-order valence-corrected chi connectivity index (χ0v) is 23.1. The maximum Gasteiger partial charge on any atom is 0.226 e. The Morgan fingerprint density at radius 1 is 1.08 bits per heavy atom. The second-order valence-electron chi connectivity index (χ2n) is 9.60. The van der Waals surface area contributed by atoms with Crippen LogP contribution >= 0.6 is 23.8 Å². The van der Waals surface area contributed by atoms with Crippen molar-refractivity contribution in [3.8, 4) is 11.3 Å². The Morgan fingerprint density at radius 2 is 1.89 bits per heavy atom. The molecule has 1 aliphatic heterocycles. The van der Waals surface area contributed by atoms with Crippen molar-refractivity contribution in [1.82, 2.24) is 15.2 Å². The van der Waals surface area contributed by atoms with Gasteiger partial charge in [0.1, 0.15) is 17.6 Å². The molecule has 0 bridgehead atoms. The number of benzene rings is 2. The van der Waals surface area contributed by atoms with Gasteiger partial charge in [-0.15, -0.1) is 0 Å². The lowest BCUT2D eigenvalue weighted by Crippen LogP contribution is -2.32. The van der Waals surface area contributed by atoms with E-state index in [-0.39, 0.29) is 24.4 Å². The summed E-state index contributed by atoms with van der Waals surface area (Å²) in [6, 6.07) is 21.1. The number of aryl methyl sites for hydroxylation is 3. The summed E-state index contributed by atoms with van der Waals surface area (Å²) in [6.45, 7) is 6.38. The number of carbonyl (C=O) groups excluding carboxylic acids is 1. The third-order valence-corrected chi connectivity index (χ3v) is 7.58. The van der Waals surface area contributed by atoms with Crippen molar-refractivity contribution < 1.29 is 9.21 Å². The van der Waals surface area contributed by atoms with Crippen LogP contribution in [-0.4, -0.2) is 27.4 Å². The van der Waals surface area contributed by atoms with Gasteiger partial charge >= 0.3 is 0 Å². The summed E-state index contributed by atoms with van der Waals surface area (Å²) in [5.74, 6) is 1.37. The number of hydrogen-bond acceptors (Lipinski definition) is 4. The minimum Gasteiger partial charge on any atom is -0.459 e. The molecule has 0 spiro atoms. The highest BCUT2D eigenvalue weighted by Crippen LogP contribution is 2.40. The van der Waals surface area contributed by atoms with Crippen LogP contribution in [0.25, 0.3) is 11.3 Å². The first kappa shape index (κ1) is 25.9. The lowest BCUT2D eigenvalue weighted by Gasteiger charge is -2.26. The van der Waals surface area contributed by atoms with E-state index in [9.17, 15) is 4.79 Å². The van der Waals surface area contributed by atoms with Gasteiger partial charge in [0.15, 0.2) is 5.11 Å². The van der Waals surface area contributed by atoms with Crippen LogP contribution in [0.5, 0.6) is 0 Å². The molecule has 8 heteroatoms. The summed E-state index contributed by atoms with van der Waals surface area (Å²) in [6.07, 6.45) is 2.03. The van der Waals surface area contributed by atoms with Crippen molar-refractivity contribution >= 4 is 40.5 Å². The number of pyridine rings is 1. The molecule has 1 amide bonds. The van der Waals surface area contributed by atoms with E-state index in [4.69, 9.17) is 28.2 Å². The first-order valence-corrected chi connectivity index (χ1v) is 13.3. The molecular formula is C30H29ClN4O2S. The number of nitrogens with one attached hydrogen (secondary N) is 2. The van der Waals surface area contributed by atoms with E-state index in [1.54, 1.807) is 6.20 Å². The fourth-order valence-electron chi connectivity index (χ4n) is 4.67. The van der Waals surface area contributed by atoms with Crippen LogP contribution in [0.15, 0.2) is 77.3 Å². The number of aromatic nitrogens is 1. The van der Waals surface area contributed by atoms with Crippen LogP contribution in [0.3, 0.4) is 0 Å². The number of hydrogen-bond donors (Lipinski definition) is 2. The quantitative estimate of drug-likeness (QED) is 0.246. The van der Waals surface area contributed by atoms with Gasteiger partial charge < -0.3 is 20.0 Å². The Kier molecular flexibility index (Phi) is 7.49. The van der Waals surface area contributed by atoms with E-state index < -0.39 is 0 Å². The highest BCUT2D eigenvalue weighted by molar-refractivity contribution is 7.80.